The highest BCUT2D eigenvalue weighted by Crippen LogP contribution is 2.16. The zero-order valence-corrected chi connectivity index (χ0v) is 14.6. The van der Waals surface area contributed by atoms with Crippen molar-refractivity contribution in [3.63, 3.8) is 0 Å². The van der Waals surface area contributed by atoms with Crippen molar-refractivity contribution in [3.05, 3.63) is 59.7 Å². The van der Waals surface area contributed by atoms with Crippen molar-refractivity contribution in [1.29, 1.82) is 0 Å². The second-order valence-corrected chi connectivity index (χ2v) is 5.94. The minimum absolute atomic E-state index is 0.119. The summed E-state index contributed by atoms with van der Waals surface area (Å²) in [7, 11) is 1.61. The van der Waals surface area contributed by atoms with Crippen LogP contribution in [0.3, 0.4) is 0 Å². The SMILES string of the molecule is CCCNC(C)Cc1cccc(NC(=O)c2ccc(OC)cc2)c1. The molecule has 0 fully saturated rings. The molecule has 0 aromatic heterocycles. The molecule has 1 unspecified atom stereocenters. The molecule has 0 heterocycles. The summed E-state index contributed by atoms with van der Waals surface area (Å²) >= 11 is 0. The van der Waals surface area contributed by atoms with Gasteiger partial charge in [-0.2, -0.15) is 0 Å². The molecule has 0 radical (unpaired) electrons. The normalized spacial score (nSPS) is 11.8. The Hall–Kier alpha value is -2.33. The van der Waals surface area contributed by atoms with Crippen LogP contribution in [0.25, 0.3) is 0 Å². The van der Waals surface area contributed by atoms with E-state index in [0.29, 0.717) is 11.6 Å². The standard InChI is InChI=1S/C20H26N2O2/c1-4-12-21-15(2)13-16-6-5-7-18(14-16)22-20(23)17-8-10-19(24-3)11-9-17/h5-11,14-15,21H,4,12-13H2,1-3H3,(H,22,23). The quantitative estimate of drug-likeness (QED) is 0.774. The highest BCUT2D eigenvalue weighted by Gasteiger charge is 2.08. The van der Waals surface area contributed by atoms with E-state index in [1.165, 1.54) is 5.56 Å². The molecule has 1 amide bonds. The Morgan fingerprint density at radius 2 is 1.92 bits per heavy atom. The van der Waals surface area contributed by atoms with Crippen LogP contribution < -0.4 is 15.4 Å². The van der Waals surface area contributed by atoms with Crippen LogP contribution in [0.1, 0.15) is 36.2 Å². The summed E-state index contributed by atoms with van der Waals surface area (Å²) < 4.78 is 5.11. The predicted octanol–water partition coefficient (Wildman–Crippen LogP) is 3.88. The lowest BCUT2D eigenvalue weighted by Gasteiger charge is -2.14. The third kappa shape index (κ3) is 5.39. The Bertz CT molecular complexity index is 653. The molecule has 1 atom stereocenters. The highest BCUT2D eigenvalue weighted by atomic mass is 16.5. The fourth-order valence-electron chi connectivity index (χ4n) is 2.54. The largest absolute Gasteiger partial charge is 0.497 e. The number of hydrogen-bond acceptors (Lipinski definition) is 3. The van der Waals surface area contributed by atoms with E-state index >= 15 is 0 Å². The maximum atomic E-state index is 12.3. The van der Waals surface area contributed by atoms with Gasteiger partial charge in [0.25, 0.3) is 5.91 Å². The topological polar surface area (TPSA) is 50.4 Å². The first kappa shape index (κ1) is 18.0. The first-order valence-corrected chi connectivity index (χ1v) is 8.40. The van der Waals surface area contributed by atoms with Crippen molar-refractivity contribution in [2.24, 2.45) is 0 Å². The van der Waals surface area contributed by atoms with Gasteiger partial charge >= 0.3 is 0 Å². The number of hydrogen-bond donors (Lipinski definition) is 2. The number of amides is 1. The van der Waals surface area contributed by atoms with Gasteiger partial charge < -0.3 is 15.4 Å². The zero-order chi connectivity index (χ0) is 17.4. The van der Waals surface area contributed by atoms with Gasteiger partial charge in [0.2, 0.25) is 0 Å². The molecule has 24 heavy (non-hydrogen) atoms. The summed E-state index contributed by atoms with van der Waals surface area (Å²) in [6, 6.07) is 15.5. The van der Waals surface area contributed by atoms with E-state index in [0.717, 1.165) is 30.8 Å². The van der Waals surface area contributed by atoms with Crippen molar-refractivity contribution < 1.29 is 9.53 Å². The van der Waals surface area contributed by atoms with E-state index in [4.69, 9.17) is 4.74 Å². The van der Waals surface area contributed by atoms with Crippen LogP contribution in [0, 0.1) is 0 Å². The first-order chi connectivity index (χ1) is 11.6. The third-order valence-electron chi connectivity index (χ3n) is 3.82. The molecule has 4 heteroatoms. The summed E-state index contributed by atoms with van der Waals surface area (Å²) in [6.07, 6.45) is 2.06. The molecule has 2 rings (SSSR count). The van der Waals surface area contributed by atoms with Gasteiger partial charge in [0.1, 0.15) is 5.75 Å². The number of nitrogens with one attached hydrogen (secondary N) is 2. The summed E-state index contributed by atoms with van der Waals surface area (Å²) in [5.74, 6) is 0.620. The van der Waals surface area contributed by atoms with Crippen molar-refractivity contribution in [2.75, 3.05) is 19.0 Å². The molecule has 0 aliphatic carbocycles. The van der Waals surface area contributed by atoms with Gasteiger partial charge in [-0.25, -0.2) is 0 Å². The van der Waals surface area contributed by atoms with Gasteiger partial charge in [-0.15, -0.1) is 0 Å². The Labute approximate surface area is 144 Å². The predicted molar refractivity (Wildman–Crippen MR) is 98.8 cm³/mol. The molecule has 0 saturated heterocycles. The smallest absolute Gasteiger partial charge is 0.255 e. The fourth-order valence-corrected chi connectivity index (χ4v) is 2.54. The minimum Gasteiger partial charge on any atom is -0.497 e. The van der Waals surface area contributed by atoms with E-state index in [-0.39, 0.29) is 5.91 Å². The van der Waals surface area contributed by atoms with Gasteiger partial charge in [0.05, 0.1) is 7.11 Å². The van der Waals surface area contributed by atoms with Crippen molar-refractivity contribution in [2.45, 2.75) is 32.7 Å². The lowest BCUT2D eigenvalue weighted by Crippen LogP contribution is -2.28. The molecule has 0 spiro atoms. The van der Waals surface area contributed by atoms with E-state index < -0.39 is 0 Å². The van der Waals surface area contributed by atoms with Crippen LogP contribution in [0.5, 0.6) is 5.75 Å². The molecule has 2 aromatic carbocycles. The number of ether oxygens (including phenoxy) is 1. The van der Waals surface area contributed by atoms with Crippen molar-refractivity contribution >= 4 is 11.6 Å². The van der Waals surface area contributed by atoms with Crippen LogP contribution in [0.4, 0.5) is 5.69 Å². The average molecular weight is 326 g/mol. The lowest BCUT2D eigenvalue weighted by atomic mass is 10.1. The minimum atomic E-state index is -0.119. The number of methoxy groups -OCH3 is 1. The van der Waals surface area contributed by atoms with Crippen molar-refractivity contribution in [1.82, 2.24) is 5.32 Å². The third-order valence-corrected chi connectivity index (χ3v) is 3.82. The van der Waals surface area contributed by atoms with Crippen molar-refractivity contribution in [3.8, 4) is 5.75 Å². The van der Waals surface area contributed by atoms with E-state index in [1.54, 1.807) is 31.4 Å². The lowest BCUT2D eigenvalue weighted by molar-refractivity contribution is 0.102. The highest BCUT2D eigenvalue weighted by molar-refractivity contribution is 6.04. The molecule has 2 N–H and O–H groups in total. The van der Waals surface area contributed by atoms with Gasteiger partial charge in [-0.05, 0) is 68.3 Å². The van der Waals surface area contributed by atoms with Crippen LogP contribution in [-0.2, 0) is 6.42 Å². The molecular weight excluding hydrogens is 300 g/mol. The molecule has 0 bridgehead atoms. The maximum Gasteiger partial charge on any atom is 0.255 e. The molecule has 2 aromatic rings. The van der Waals surface area contributed by atoms with Gasteiger partial charge in [0.15, 0.2) is 0 Å². The Morgan fingerprint density at radius 3 is 2.58 bits per heavy atom. The van der Waals surface area contributed by atoms with E-state index in [9.17, 15) is 4.79 Å². The van der Waals surface area contributed by atoms with Gasteiger partial charge in [-0.1, -0.05) is 19.1 Å². The monoisotopic (exact) mass is 326 g/mol. The fraction of sp³-hybridized carbons (Fsp3) is 0.350. The van der Waals surface area contributed by atoms with Crippen LogP contribution in [0.15, 0.2) is 48.5 Å². The zero-order valence-electron chi connectivity index (χ0n) is 14.6. The summed E-state index contributed by atoms with van der Waals surface area (Å²) in [5, 5.41) is 6.43. The Morgan fingerprint density at radius 1 is 1.17 bits per heavy atom. The molecule has 128 valence electrons. The Kier molecular flexibility index (Phi) is 6.82. The summed E-state index contributed by atoms with van der Waals surface area (Å²) in [5.41, 5.74) is 2.63. The van der Waals surface area contributed by atoms with Crippen LogP contribution >= 0.6 is 0 Å². The van der Waals surface area contributed by atoms with E-state index in [2.05, 4.69) is 30.5 Å². The maximum absolute atomic E-state index is 12.3. The number of rotatable bonds is 8. The number of carbonyl (C=O) groups excluding carboxylic acids is 1. The molecule has 0 saturated carbocycles. The first-order valence-electron chi connectivity index (χ1n) is 8.40. The summed E-state index contributed by atoms with van der Waals surface area (Å²) in [4.78, 5) is 12.3. The second-order valence-electron chi connectivity index (χ2n) is 5.94. The average Bonchev–Trinajstić information content (AvgIpc) is 2.60. The van der Waals surface area contributed by atoms with Crippen LogP contribution in [-0.4, -0.2) is 25.6 Å². The van der Waals surface area contributed by atoms with Gasteiger partial charge in [-0.3, -0.25) is 4.79 Å². The second kappa shape index (κ2) is 9.08. The van der Waals surface area contributed by atoms with E-state index in [1.807, 2.05) is 18.2 Å². The van der Waals surface area contributed by atoms with Gasteiger partial charge in [0, 0.05) is 17.3 Å². The Balaban J connectivity index is 1.98. The molecule has 4 nitrogen and oxygen atoms in total. The summed E-state index contributed by atoms with van der Waals surface area (Å²) in [6.45, 7) is 5.36. The molecular formula is C20H26N2O2. The number of carbonyl (C=O) groups is 1. The molecule has 0 aliphatic rings. The van der Waals surface area contributed by atoms with Crippen LogP contribution in [0.2, 0.25) is 0 Å². The number of benzene rings is 2. The number of anilines is 1. The molecule has 0 aliphatic heterocycles.